The highest BCUT2D eigenvalue weighted by molar-refractivity contribution is 5.81. The Balaban J connectivity index is 1.40. The molecule has 2 unspecified atom stereocenters. The number of carbonyl (C=O) groups is 1. The van der Waals surface area contributed by atoms with Gasteiger partial charge in [-0.05, 0) is 68.0 Å². The van der Waals surface area contributed by atoms with Crippen LogP contribution in [0.1, 0.15) is 37.9 Å². The molecule has 1 fully saturated rings. The number of halogens is 2. The first kappa shape index (κ1) is 22.9. The number of rotatable bonds is 7. The van der Waals surface area contributed by atoms with Crippen LogP contribution in [0.4, 0.5) is 8.78 Å². The lowest BCUT2D eigenvalue weighted by atomic mass is 10.1. The van der Waals surface area contributed by atoms with E-state index in [4.69, 9.17) is 4.98 Å². The number of allylic oxidation sites excluding steroid dienone is 3. The Kier molecular flexibility index (Phi) is 6.72. The Morgan fingerprint density at radius 3 is 2.82 bits per heavy atom. The quantitative estimate of drug-likeness (QED) is 0.429. The Hall–Kier alpha value is -3.28. The van der Waals surface area contributed by atoms with Gasteiger partial charge in [-0.25, -0.2) is 13.8 Å². The molecule has 33 heavy (non-hydrogen) atoms. The normalized spacial score (nSPS) is 18.8. The van der Waals surface area contributed by atoms with Gasteiger partial charge < -0.3 is 9.47 Å². The average Bonchev–Trinajstić information content (AvgIpc) is 3.38. The third-order valence-corrected chi connectivity index (χ3v) is 6.53. The lowest BCUT2D eigenvalue weighted by molar-refractivity contribution is -0.131. The number of pyridine rings is 1. The maximum Gasteiger partial charge on any atom is 0.223 e. The highest BCUT2D eigenvalue weighted by Crippen LogP contribution is 2.28. The second-order valence-corrected chi connectivity index (χ2v) is 8.73. The SMILES string of the molecule is C=C/C(=C\C)c1ccc2c(ccn2CC2CC(C)N(C(=O)CCc3cccc(F)c3F)C2)n1. The van der Waals surface area contributed by atoms with Gasteiger partial charge >= 0.3 is 0 Å². The molecule has 4 nitrogen and oxygen atoms in total. The molecule has 3 aromatic rings. The van der Waals surface area contributed by atoms with E-state index in [1.807, 2.05) is 36.2 Å². The van der Waals surface area contributed by atoms with Crippen molar-refractivity contribution in [3.8, 4) is 0 Å². The Morgan fingerprint density at radius 2 is 2.06 bits per heavy atom. The molecule has 4 rings (SSSR count). The number of hydrogen-bond acceptors (Lipinski definition) is 2. The zero-order valence-electron chi connectivity index (χ0n) is 19.1. The molecule has 0 saturated carbocycles. The molecule has 1 aromatic carbocycles. The summed E-state index contributed by atoms with van der Waals surface area (Å²) in [6.45, 7) is 9.33. The molecular formula is C27H29F2N3O. The molecule has 3 heterocycles. The fourth-order valence-corrected chi connectivity index (χ4v) is 4.79. The van der Waals surface area contributed by atoms with Crippen molar-refractivity contribution in [3.63, 3.8) is 0 Å². The van der Waals surface area contributed by atoms with Crippen LogP contribution in [0.2, 0.25) is 0 Å². The largest absolute Gasteiger partial charge is 0.346 e. The number of amides is 1. The van der Waals surface area contributed by atoms with Gasteiger partial charge in [0.25, 0.3) is 0 Å². The van der Waals surface area contributed by atoms with Gasteiger partial charge in [-0.3, -0.25) is 4.79 Å². The van der Waals surface area contributed by atoms with Crippen molar-refractivity contribution in [2.45, 2.75) is 45.7 Å². The van der Waals surface area contributed by atoms with E-state index in [0.717, 1.165) is 41.3 Å². The van der Waals surface area contributed by atoms with Crippen molar-refractivity contribution in [2.75, 3.05) is 6.54 Å². The second-order valence-electron chi connectivity index (χ2n) is 8.73. The van der Waals surface area contributed by atoms with Crippen molar-refractivity contribution in [1.29, 1.82) is 0 Å². The van der Waals surface area contributed by atoms with Crippen LogP contribution in [0, 0.1) is 17.6 Å². The summed E-state index contributed by atoms with van der Waals surface area (Å²) in [6, 6.07) is 10.3. The minimum absolute atomic E-state index is 0.0133. The van der Waals surface area contributed by atoms with Crippen molar-refractivity contribution in [1.82, 2.24) is 14.5 Å². The molecule has 0 aliphatic carbocycles. The predicted octanol–water partition coefficient (Wildman–Crippen LogP) is 5.77. The number of aromatic nitrogens is 2. The van der Waals surface area contributed by atoms with E-state index in [0.29, 0.717) is 12.5 Å². The van der Waals surface area contributed by atoms with Crippen molar-refractivity contribution in [2.24, 2.45) is 5.92 Å². The first-order valence-corrected chi connectivity index (χ1v) is 11.4. The summed E-state index contributed by atoms with van der Waals surface area (Å²) >= 11 is 0. The van der Waals surface area contributed by atoms with E-state index >= 15 is 0 Å². The third kappa shape index (κ3) is 4.75. The standard InChI is InChI=1S/C27H29F2N3O/c1-4-20(5-2)23-10-11-25-24(30-23)13-14-31(25)16-19-15-18(3)32(17-19)26(33)12-9-21-7-6-8-22(28)27(21)29/h4-8,10-11,13-14,18-19H,1,9,12,15-17H2,2-3H3/b20-5+. The number of carbonyl (C=O) groups excluding carboxylic acids is 1. The minimum Gasteiger partial charge on any atom is -0.346 e. The zero-order chi connectivity index (χ0) is 23.5. The fraction of sp³-hybridized carbons (Fsp3) is 0.333. The van der Waals surface area contributed by atoms with Gasteiger partial charge in [-0.15, -0.1) is 0 Å². The maximum atomic E-state index is 13.9. The monoisotopic (exact) mass is 449 g/mol. The average molecular weight is 450 g/mol. The third-order valence-electron chi connectivity index (χ3n) is 6.53. The Morgan fingerprint density at radius 1 is 1.24 bits per heavy atom. The van der Waals surface area contributed by atoms with Gasteiger partial charge in [0.2, 0.25) is 5.91 Å². The number of aryl methyl sites for hydroxylation is 1. The minimum atomic E-state index is -0.874. The lowest BCUT2D eigenvalue weighted by Gasteiger charge is -2.21. The van der Waals surface area contributed by atoms with E-state index in [-0.39, 0.29) is 30.4 Å². The summed E-state index contributed by atoms with van der Waals surface area (Å²) in [5.41, 5.74) is 4.15. The van der Waals surface area contributed by atoms with Crippen LogP contribution in [0.15, 0.2) is 61.3 Å². The highest BCUT2D eigenvalue weighted by Gasteiger charge is 2.32. The lowest BCUT2D eigenvalue weighted by Crippen LogP contribution is -2.34. The number of nitrogens with zero attached hydrogens (tertiary/aromatic N) is 3. The van der Waals surface area contributed by atoms with E-state index in [1.165, 1.54) is 12.1 Å². The molecule has 0 N–H and O–H groups in total. The molecule has 172 valence electrons. The molecule has 1 aliphatic rings. The first-order chi connectivity index (χ1) is 15.9. The van der Waals surface area contributed by atoms with Crippen molar-refractivity contribution >= 4 is 22.5 Å². The van der Waals surface area contributed by atoms with Crippen LogP contribution in [0.3, 0.4) is 0 Å². The van der Waals surface area contributed by atoms with Gasteiger partial charge in [0.05, 0.1) is 16.7 Å². The Bertz CT molecular complexity index is 1210. The molecular weight excluding hydrogens is 420 g/mol. The van der Waals surface area contributed by atoms with Crippen molar-refractivity contribution in [3.05, 3.63) is 84.2 Å². The summed E-state index contributed by atoms with van der Waals surface area (Å²) in [7, 11) is 0. The highest BCUT2D eigenvalue weighted by atomic mass is 19.2. The number of hydrogen-bond donors (Lipinski definition) is 0. The topological polar surface area (TPSA) is 38.1 Å². The summed E-state index contributed by atoms with van der Waals surface area (Å²) in [6.07, 6.45) is 7.13. The first-order valence-electron chi connectivity index (χ1n) is 11.4. The molecule has 1 saturated heterocycles. The van der Waals surface area contributed by atoms with Gasteiger partial charge in [-0.2, -0.15) is 0 Å². The molecule has 2 atom stereocenters. The summed E-state index contributed by atoms with van der Waals surface area (Å²) in [5, 5.41) is 0. The van der Waals surface area contributed by atoms with Gasteiger partial charge in [0.15, 0.2) is 11.6 Å². The fourth-order valence-electron chi connectivity index (χ4n) is 4.79. The van der Waals surface area contributed by atoms with Crippen LogP contribution in [0.5, 0.6) is 0 Å². The number of fused-ring (bicyclic) bond motifs is 1. The summed E-state index contributed by atoms with van der Waals surface area (Å²) in [4.78, 5) is 19.5. The van der Waals surface area contributed by atoms with E-state index in [9.17, 15) is 13.6 Å². The summed E-state index contributed by atoms with van der Waals surface area (Å²) in [5.74, 6) is -1.42. The maximum absolute atomic E-state index is 13.9. The van der Waals surface area contributed by atoms with Crippen LogP contribution >= 0.6 is 0 Å². The van der Waals surface area contributed by atoms with Crippen molar-refractivity contribution < 1.29 is 13.6 Å². The Labute approximate surface area is 193 Å². The van der Waals surface area contributed by atoms with Crippen LogP contribution in [-0.2, 0) is 17.8 Å². The van der Waals surface area contributed by atoms with Crippen LogP contribution < -0.4 is 0 Å². The second kappa shape index (κ2) is 9.69. The molecule has 0 bridgehead atoms. The van der Waals surface area contributed by atoms with Crippen LogP contribution in [-0.4, -0.2) is 32.9 Å². The smallest absolute Gasteiger partial charge is 0.223 e. The van der Waals surface area contributed by atoms with Crippen LogP contribution in [0.25, 0.3) is 16.6 Å². The molecule has 6 heteroatoms. The van der Waals surface area contributed by atoms with E-state index in [1.54, 1.807) is 6.08 Å². The van der Waals surface area contributed by atoms with E-state index in [2.05, 4.69) is 24.1 Å². The molecule has 0 spiro atoms. The van der Waals surface area contributed by atoms with E-state index < -0.39 is 11.6 Å². The predicted molar refractivity (Wildman–Crippen MR) is 128 cm³/mol. The van der Waals surface area contributed by atoms with Gasteiger partial charge in [-0.1, -0.05) is 30.9 Å². The zero-order valence-corrected chi connectivity index (χ0v) is 19.1. The number of benzene rings is 1. The summed E-state index contributed by atoms with van der Waals surface area (Å²) < 4.78 is 29.5. The van der Waals surface area contributed by atoms with Gasteiger partial charge in [0.1, 0.15) is 0 Å². The molecule has 1 aliphatic heterocycles. The number of likely N-dealkylation sites (tertiary alicyclic amines) is 1. The van der Waals surface area contributed by atoms with Gasteiger partial charge in [0, 0.05) is 31.7 Å². The molecule has 1 amide bonds. The molecule has 0 radical (unpaired) electrons. The molecule has 2 aromatic heterocycles.